The minimum Gasteiger partial charge on any atom is -0.493 e. The van der Waals surface area contributed by atoms with Crippen LogP contribution in [0.1, 0.15) is 19.5 Å². The molecule has 0 radical (unpaired) electrons. The number of hydrogen-bond acceptors (Lipinski definition) is 4. The SMILES string of the molecule is COc1ccc(-c2nc(Cl)cc(CC(C)C)n2)cc1OC. The Kier molecular flexibility index (Phi) is 5.02. The van der Waals surface area contributed by atoms with Crippen LogP contribution in [0.4, 0.5) is 0 Å². The van der Waals surface area contributed by atoms with Crippen LogP contribution < -0.4 is 9.47 Å². The number of nitrogens with zero attached hydrogens (tertiary/aromatic N) is 2. The molecule has 0 spiro atoms. The Bertz CT molecular complexity index is 630. The number of benzene rings is 1. The number of halogens is 1. The van der Waals surface area contributed by atoms with Crippen LogP contribution in [0.3, 0.4) is 0 Å². The molecule has 0 bridgehead atoms. The van der Waals surface area contributed by atoms with Gasteiger partial charge in [0.15, 0.2) is 17.3 Å². The van der Waals surface area contributed by atoms with Gasteiger partial charge in [-0.2, -0.15) is 0 Å². The summed E-state index contributed by atoms with van der Waals surface area (Å²) in [7, 11) is 3.21. The Morgan fingerprint density at radius 2 is 1.76 bits per heavy atom. The van der Waals surface area contributed by atoms with Gasteiger partial charge in [-0.3, -0.25) is 0 Å². The van der Waals surface area contributed by atoms with E-state index in [1.807, 2.05) is 24.3 Å². The number of aromatic nitrogens is 2. The topological polar surface area (TPSA) is 44.2 Å². The van der Waals surface area contributed by atoms with E-state index in [4.69, 9.17) is 21.1 Å². The van der Waals surface area contributed by atoms with Crippen LogP contribution in [0.25, 0.3) is 11.4 Å². The highest BCUT2D eigenvalue weighted by molar-refractivity contribution is 6.29. The van der Waals surface area contributed by atoms with Crippen molar-refractivity contribution in [3.63, 3.8) is 0 Å². The zero-order chi connectivity index (χ0) is 15.4. The van der Waals surface area contributed by atoms with Gasteiger partial charge in [-0.05, 0) is 36.6 Å². The van der Waals surface area contributed by atoms with Crippen LogP contribution in [0.15, 0.2) is 24.3 Å². The third-order valence-electron chi connectivity index (χ3n) is 3.01. The van der Waals surface area contributed by atoms with Crippen molar-refractivity contribution in [1.29, 1.82) is 0 Å². The van der Waals surface area contributed by atoms with E-state index in [1.54, 1.807) is 14.2 Å². The van der Waals surface area contributed by atoms with E-state index in [-0.39, 0.29) is 0 Å². The van der Waals surface area contributed by atoms with Gasteiger partial charge in [0, 0.05) is 11.3 Å². The Balaban J connectivity index is 2.43. The predicted molar refractivity (Wildman–Crippen MR) is 84.1 cm³/mol. The molecule has 2 aromatic rings. The molecular formula is C16H19ClN2O2. The lowest BCUT2D eigenvalue weighted by molar-refractivity contribution is 0.355. The average Bonchev–Trinajstić information content (AvgIpc) is 2.45. The van der Waals surface area contributed by atoms with E-state index >= 15 is 0 Å². The molecule has 0 amide bonds. The van der Waals surface area contributed by atoms with Gasteiger partial charge in [0.05, 0.1) is 14.2 Å². The molecule has 2 rings (SSSR count). The molecule has 0 fully saturated rings. The van der Waals surface area contributed by atoms with Gasteiger partial charge in [-0.25, -0.2) is 9.97 Å². The third kappa shape index (κ3) is 3.85. The molecule has 5 heteroatoms. The fraction of sp³-hybridized carbons (Fsp3) is 0.375. The van der Waals surface area contributed by atoms with Crippen molar-refractivity contribution >= 4 is 11.6 Å². The summed E-state index contributed by atoms with van der Waals surface area (Å²) in [4.78, 5) is 8.88. The number of hydrogen-bond donors (Lipinski definition) is 0. The number of methoxy groups -OCH3 is 2. The summed E-state index contributed by atoms with van der Waals surface area (Å²) in [6.07, 6.45) is 0.864. The molecule has 4 nitrogen and oxygen atoms in total. The Hall–Kier alpha value is -1.81. The fourth-order valence-corrected chi connectivity index (χ4v) is 2.30. The second-order valence-electron chi connectivity index (χ2n) is 5.17. The molecule has 112 valence electrons. The van der Waals surface area contributed by atoms with Gasteiger partial charge in [-0.15, -0.1) is 0 Å². The fourth-order valence-electron chi connectivity index (χ4n) is 2.09. The summed E-state index contributed by atoms with van der Waals surface area (Å²) in [5.74, 6) is 2.42. The summed E-state index contributed by atoms with van der Waals surface area (Å²) in [5, 5.41) is 0.449. The van der Waals surface area contributed by atoms with Crippen LogP contribution in [0.2, 0.25) is 5.15 Å². The maximum atomic E-state index is 6.11. The highest BCUT2D eigenvalue weighted by atomic mass is 35.5. The van der Waals surface area contributed by atoms with Crippen molar-refractivity contribution in [2.75, 3.05) is 14.2 Å². The molecule has 1 aromatic carbocycles. The molecule has 0 N–H and O–H groups in total. The average molecular weight is 307 g/mol. The third-order valence-corrected chi connectivity index (χ3v) is 3.20. The molecule has 0 aliphatic rings. The molecule has 0 saturated heterocycles. The van der Waals surface area contributed by atoms with Crippen LogP contribution >= 0.6 is 11.6 Å². The largest absolute Gasteiger partial charge is 0.493 e. The smallest absolute Gasteiger partial charge is 0.161 e. The van der Waals surface area contributed by atoms with Crippen molar-refractivity contribution in [2.24, 2.45) is 5.92 Å². The van der Waals surface area contributed by atoms with Crippen molar-refractivity contribution in [3.8, 4) is 22.9 Å². The molecule has 0 saturated carbocycles. The quantitative estimate of drug-likeness (QED) is 0.783. The minimum absolute atomic E-state index is 0.449. The molecular weight excluding hydrogens is 288 g/mol. The molecule has 1 aromatic heterocycles. The summed E-state index contributed by atoms with van der Waals surface area (Å²) in [6.45, 7) is 4.29. The zero-order valence-corrected chi connectivity index (χ0v) is 13.4. The van der Waals surface area contributed by atoms with Crippen LogP contribution in [-0.2, 0) is 6.42 Å². The maximum Gasteiger partial charge on any atom is 0.161 e. The first-order valence-electron chi connectivity index (χ1n) is 6.79. The van der Waals surface area contributed by atoms with Crippen LogP contribution in [-0.4, -0.2) is 24.2 Å². The number of ether oxygens (including phenoxy) is 2. The van der Waals surface area contributed by atoms with Crippen LogP contribution in [0, 0.1) is 5.92 Å². The minimum atomic E-state index is 0.449. The molecule has 0 unspecified atom stereocenters. The molecule has 0 aliphatic heterocycles. The van der Waals surface area contributed by atoms with Crippen molar-refractivity contribution in [2.45, 2.75) is 20.3 Å². The van der Waals surface area contributed by atoms with E-state index in [2.05, 4.69) is 23.8 Å². The zero-order valence-electron chi connectivity index (χ0n) is 12.7. The van der Waals surface area contributed by atoms with Crippen molar-refractivity contribution in [3.05, 3.63) is 35.1 Å². The van der Waals surface area contributed by atoms with E-state index in [0.717, 1.165) is 17.7 Å². The van der Waals surface area contributed by atoms with Gasteiger partial charge in [0.2, 0.25) is 0 Å². The standard InChI is InChI=1S/C16H19ClN2O2/c1-10(2)7-12-9-15(17)19-16(18-12)11-5-6-13(20-3)14(8-11)21-4/h5-6,8-10H,7H2,1-4H3. The van der Waals surface area contributed by atoms with Gasteiger partial charge in [0.25, 0.3) is 0 Å². The normalized spacial score (nSPS) is 10.8. The van der Waals surface area contributed by atoms with E-state index in [1.165, 1.54) is 0 Å². The van der Waals surface area contributed by atoms with Gasteiger partial charge < -0.3 is 9.47 Å². The monoisotopic (exact) mass is 306 g/mol. The maximum absolute atomic E-state index is 6.11. The van der Waals surface area contributed by atoms with E-state index in [9.17, 15) is 0 Å². The van der Waals surface area contributed by atoms with Crippen molar-refractivity contribution in [1.82, 2.24) is 9.97 Å². The first kappa shape index (κ1) is 15.6. The summed E-state index contributed by atoms with van der Waals surface area (Å²) in [5.41, 5.74) is 1.79. The van der Waals surface area contributed by atoms with Gasteiger partial charge >= 0.3 is 0 Å². The van der Waals surface area contributed by atoms with E-state index in [0.29, 0.717) is 28.4 Å². The highest BCUT2D eigenvalue weighted by Crippen LogP contribution is 2.31. The lowest BCUT2D eigenvalue weighted by Crippen LogP contribution is -2.01. The second-order valence-corrected chi connectivity index (χ2v) is 5.56. The highest BCUT2D eigenvalue weighted by Gasteiger charge is 2.11. The second kappa shape index (κ2) is 6.76. The van der Waals surface area contributed by atoms with Crippen molar-refractivity contribution < 1.29 is 9.47 Å². The Labute approximate surface area is 130 Å². The first-order chi connectivity index (χ1) is 10.0. The number of rotatable bonds is 5. The van der Waals surface area contributed by atoms with Gasteiger partial charge in [-0.1, -0.05) is 25.4 Å². The predicted octanol–water partition coefficient (Wildman–Crippen LogP) is 4.01. The Morgan fingerprint density at radius 3 is 2.38 bits per heavy atom. The lowest BCUT2D eigenvalue weighted by Gasteiger charge is -2.10. The molecule has 21 heavy (non-hydrogen) atoms. The summed E-state index contributed by atoms with van der Waals surface area (Å²) in [6, 6.07) is 7.39. The van der Waals surface area contributed by atoms with Gasteiger partial charge in [0.1, 0.15) is 5.15 Å². The van der Waals surface area contributed by atoms with E-state index < -0.39 is 0 Å². The summed E-state index contributed by atoms with van der Waals surface area (Å²) < 4.78 is 10.5. The lowest BCUT2D eigenvalue weighted by atomic mass is 10.1. The first-order valence-corrected chi connectivity index (χ1v) is 7.17. The molecule has 0 aliphatic carbocycles. The molecule has 0 atom stereocenters. The van der Waals surface area contributed by atoms with Crippen LogP contribution in [0.5, 0.6) is 11.5 Å². The Morgan fingerprint density at radius 1 is 1.05 bits per heavy atom. The molecule has 1 heterocycles. The summed E-state index contributed by atoms with van der Waals surface area (Å²) >= 11 is 6.11.